The lowest BCUT2D eigenvalue weighted by Crippen LogP contribution is -2.02. The van der Waals surface area contributed by atoms with Gasteiger partial charge in [0.1, 0.15) is 0 Å². The number of aromatic nitrogens is 1. The SMILES string of the molecule is O=C(O)c1nc(-c2ccccc2)c2sccc2c1O. The fraction of sp³-hybridized carbons (Fsp3) is 0. The van der Waals surface area contributed by atoms with Gasteiger partial charge in [0.25, 0.3) is 0 Å². The smallest absolute Gasteiger partial charge is 0.358 e. The van der Waals surface area contributed by atoms with E-state index < -0.39 is 5.97 Å². The standard InChI is InChI=1S/C14H9NO3S/c16-12-9-6-7-19-13(9)10(15-11(12)14(17)18)8-4-2-1-3-5-8/h1-7,16H,(H,17,18). The molecular weight excluding hydrogens is 262 g/mol. The first-order valence-corrected chi connectivity index (χ1v) is 6.45. The Morgan fingerprint density at radius 3 is 2.58 bits per heavy atom. The molecule has 5 heteroatoms. The number of carboxylic acid groups (broad SMARTS) is 1. The van der Waals surface area contributed by atoms with E-state index in [1.807, 2.05) is 35.7 Å². The van der Waals surface area contributed by atoms with Crippen molar-refractivity contribution < 1.29 is 15.0 Å². The number of benzene rings is 1. The summed E-state index contributed by atoms with van der Waals surface area (Å²) in [6, 6.07) is 11.0. The van der Waals surface area contributed by atoms with Crippen LogP contribution in [0, 0.1) is 0 Å². The molecule has 0 spiro atoms. The van der Waals surface area contributed by atoms with E-state index in [0.29, 0.717) is 11.1 Å². The lowest BCUT2D eigenvalue weighted by molar-refractivity contribution is 0.0687. The average Bonchev–Trinajstić information content (AvgIpc) is 2.89. The largest absolute Gasteiger partial charge is 0.505 e. The molecule has 94 valence electrons. The minimum Gasteiger partial charge on any atom is -0.505 e. The highest BCUT2D eigenvalue weighted by Crippen LogP contribution is 2.37. The van der Waals surface area contributed by atoms with E-state index in [4.69, 9.17) is 5.11 Å². The maximum absolute atomic E-state index is 11.2. The number of carboxylic acids is 1. The number of hydrogen-bond acceptors (Lipinski definition) is 4. The summed E-state index contributed by atoms with van der Waals surface area (Å²) in [6.45, 7) is 0. The van der Waals surface area contributed by atoms with Crippen molar-refractivity contribution in [3.8, 4) is 17.0 Å². The molecule has 19 heavy (non-hydrogen) atoms. The normalized spacial score (nSPS) is 10.7. The number of thiophene rings is 1. The van der Waals surface area contributed by atoms with Crippen LogP contribution >= 0.6 is 11.3 Å². The molecule has 3 rings (SSSR count). The van der Waals surface area contributed by atoms with E-state index >= 15 is 0 Å². The van der Waals surface area contributed by atoms with Crippen molar-refractivity contribution in [1.82, 2.24) is 4.98 Å². The Morgan fingerprint density at radius 2 is 1.89 bits per heavy atom. The maximum Gasteiger partial charge on any atom is 0.358 e. The van der Waals surface area contributed by atoms with Crippen LogP contribution < -0.4 is 0 Å². The van der Waals surface area contributed by atoms with Crippen molar-refractivity contribution in [2.45, 2.75) is 0 Å². The van der Waals surface area contributed by atoms with Crippen LogP contribution in [0.25, 0.3) is 21.3 Å². The predicted octanol–water partition coefficient (Wildman–Crippen LogP) is 3.37. The molecule has 0 aliphatic rings. The van der Waals surface area contributed by atoms with Crippen LogP contribution in [-0.4, -0.2) is 21.2 Å². The summed E-state index contributed by atoms with van der Waals surface area (Å²) < 4.78 is 0.786. The summed E-state index contributed by atoms with van der Waals surface area (Å²) in [4.78, 5) is 15.3. The number of carbonyl (C=O) groups is 1. The first-order valence-electron chi connectivity index (χ1n) is 5.57. The quantitative estimate of drug-likeness (QED) is 0.749. The Hall–Kier alpha value is -2.40. The van der Waals surface area contributed by atoms with Crippen LogP contribution in [0.4, 0.5) is 0 Å². The number of aromatic carboxylic acids is 1. The third-order valence-electron chi connectivity index (χ3n) is 2.83. The first-order chi connectivity index (χ1) is 9.18. The summed E-state index contributed by atoms with van der Waals surface area (Å²) >= 11 is 1.43. The van der Waals surface area contributed by atoms with E-state index in [0.717, 1.165) is 10.3 Å². The van der Waals surface area contributed by atoms with Crippen molar-refractivity contribution in [3.05, 3.63) is 47.5 Å². The van der Waals surface area contributed by atoms with Crippen LogP contribution in [-0.2, 0) is 0 Å². The second-order valence-electron chi connectivity index (χ2n) is 3.99. The third kappa shape index (κ3) is 1.84. The number of nitrogens with zero attached hydrogens (tertiary/aromatic N) is 1. The Kier molecular flexibility index (Phi) is 2.68. The van der Waals surface area contributed by atoms with Crippen LogP contribution in [0.15, 0.2) is 41.8 Å². The number of pyridine rings is 1. The highest BCUT2D eigenvalue weighted by atomic mass is 32.1. The van der Waals surface area contributed by atoms with Gasteiger partial charge in [0.2, 0.25) is 0 Å². The monoisotopic (exact) mass is 271 g/mol. The molecule has 0 unspecified atom stereocenters. The Labute approximate surface area is 112 Å². The van der Waals surface area contributed by atoms with E-state index in [9.17, 15) is 9.90 Å². The molecule has 0 fully saturated rings. The molecule has 0 saturated carbocycles. The fourth-order valence-corrected chi connectivity index (χ4v) is 2.87. The van der Waals surface area contributed by atoms with Gasteiger partial charge >= 0.3 is 5.97 Å². The fourth-order valence-electron chi connectivity index (χ4n) is 1.96. The van der Waals surface area contributed by atoms with Crippen molar-refractivity contribution in [1.29, 1.82) is 0 Å². The van der Waals surface area contributed by atoms with Crippen molar-refractivity contribution in [2.24, 2.45) is 0 Å². The molecule has 3 aromatic rings. The van der Waals surface area contributed by atoms with E-state index in [1.165, 1.54) is 11.3 Å². The lowest BCUT2D eigenvalue weighted by Gasteiger charge is -2.06. The minimum atomic E-state index is -1.23. The van der Waals surface area contributed by atoms with Crippen LogP contribution in [0.5, 0.6) is 5.75 Å². The number of fused-ring (bicyclic) bond motifs is 1. The van der Waals surface area contributed by atoms with Gasteiger partial charge in [-0.05, 0) is 11.4 Å². The second kappa shape index (κ2) is 4.37. The van der Waals surface area contributed by atoms with Gasteiger partial charge in [0.05, 0.1) is 10.4 Å². The van der Waals surface area contributed by atoms with E-state index in [2.05, 4.69) is 4.98 Å². The molecule has 2 heterocycles. The predicted molar refractivity (Wildman–Crippen MR) is 73.7 cm³/mol. The molecule has 2 aromatic heterocycles. The molecule has 4 nitrogen and oxygen atoms in total. The molecular formula is C14H9NO3S. The van der Waals surface area contributed by atoms with E-state index in [-0.39, 0.29) is 11.4 Å². The number of hydrogen-bond donors (Lipinski definition) is 2. The summed E-state index contributed by atoms with van der Waals surface area (Å²) in [7, 11) is 0. The summed E-state index contributed by atoms with van der Waals surface area (Å²) in [6.07, 6.45) is 0. The van der Waals surface area contributed by atoms with Gasteiger partial charge in [0, 0.05) is 10.9 Å². The Morgan fingerprint density at radius 1 is 1.16 bits per heavy atom. The van der Waals surface area contributed by atoms with Crippen LogP contribution in [0.2, 0.25) is 0 Å². The van der Waals surface area contributed by atoms with E-state index in [1.54, 1.807) is 6.07 Å². The van der Waals surface area contributed by atoms with Gasteiger partial charge in [0.15, 0.2) is 11.4 Å². The lowest BCUT2D eigenvalue weighted by atomic mass is 10.1. The summed E-state index contributed by atoms with van der Waals surface area (Å²) in [5.41, 5.74) is 1.10. The van der Waals surface area contributed by atoms with Gasteiger partial charge in [-0.15, -0.1) is 11.3 Å². The topological polar surface area (TPSA) is 70.4 Å². The van der Waals surface area contributed by atoms with Crippen molar-refractivity contribution in [3.63, 3.8) is 0 Å². The van der Waals surface area contributed by atoms with Crippen molar-refractivity contribution >= 4 is 27.4 Å². The number of aromatic hydroxyl groups is 1. The van der Waals surface area contributed by atoms with Crippen LogP contribution in [0.1, 0.15) is 10.5 Å². The first kappa shape index (κ1) is 11.7. The number of rotatable bonds is 2. The molecule has 1 aromatic carbocycles. The Balaban J connectivity index is 2.39. The summed E-state index contributed by atoms with van der Waals surface area (Å²) in [5, 5.41) is 21.4. The zero-order chi connectivity index (χ0) is 13.4. The van der Waals surface area contributed by atoms with Gasteiger partial charge in [-0.1, -0.05) is 30.3 Å². The zero-order valence-corrected chi connectivity index (χ0v) is 10.5. The average molecular weight is 271 g/mol. The van der Waals surface area contributed by atoms with Crippen LogP contribution in [0.3, 0.4) is 0 Å². The molecule has 0 saturated heterocycles. The van der Waals surface area contributed by atoms with Gasteiger partial charge in [-0.25, -0.2) is 9.78 Å². The molecule has 0 radical (unpaired) electrons. The zero-order valence-electron chi connectivity index (χ0n) is 9.70. The maximum atomic E-state index is 11.2. The van der Waals surface area contributed by atoms with Crippen molar-refractivity contribution in [2.75, 3.05) is 0 Å². The molecule has 0 amide bonds. The van der Waals surface area contributed by atoms with Gasteiger partial charge < -0.3 is 10.2 Å². The minimum absolute atomic E-state index is 0.275. The highest BCUT2D eigenvalue weighted by molar-refractivity contribution is 7.17. The van der Waals surface area contributed by atoms with Gasteiger partial charge in [-0.3, -0.25) is 0 Å². The molecule has 0 aliphatic carbocycles. The molecule has 0 atom stereocenters. The molecule has 2 N–H and O–H groups in total. The molecule has 0 bridgehead atoms. The Bertz CT molecular complexity index is 765. The molecule has 0 aliphatic heterocycles. The highest BCUT2D eigenvalue weighted by Gasteiger charge is 2.19. The second-order valence-corrected chi connectivity index (χ2v) is 4.91. The third-order valence-corrected chi connectivity index (χ3v) is 3.75. The summed E-state index contributed by atoms with van der Waals surface area (Å²) in [5.74, 6) is -1.51. The van der Waals surface area contributed by atoms with Gasteiger partial charge in [-0.2, -0.15) is 0 Å².